The molecule has 0 heterocycles. The molecule has 0 aliphatic rings. The van der Waals surface area contributed by atoms with Crippen LogP contribution < -0.4 is 4.74 Å². The van der Waals surface area contributed by atoms with E-state index in [2.05, 4.69) is 15.9 Å². The van der Waals surface area contributed by atoms with Gasteiger partial charge in [0.05, 0.1) is 5.56 Å². The molecule has 0 amide bonds. The van der Waals surface area contributed by atoms with Gasteiger partial charge in [0.15, 0.2) is 5.78 Å². The van der Waals surface area contributed by atoms with E-state index >= 15 is 0 Å². The number of carbonyl (C=O) groups is 2. The number of esters is 1. The van der Waals surface area contributed by atoms with E-state index < -0.39 is 5.97 Å². The molecule has 3 rings (SSSR count). The molecule has 3 aromatic rings. The Morgan fingerprint density at radius 3 is 2.22 bits per heavy atom. The Morgan fingerprint density at radius 2 is 1.56 bits per heavy atom. The fraction of sp³-hybridized carbons (Fsp3) is 0.0435. The third kappa shape index (κ3) is 5.02. The van der Waals surface area contributed by atoms with E-state index in [1.165, 1.54) is 11.6 Å². The van der Waals surface area contributed by atoms with Gasteiger partial charge >= 0.3 is 5.97 Å². The van der Waals surface area contributed by atoms with Gasteiger partial charge in [-0.2, -0.15) is 0 Å². The first-order valence-electron chi connectivity index (χ1n) is 8.39. The lowest BCUT2D eigenvalue weighted by molar-refractivity contribution is 0.0733. The lowest BCUT2D eigenvalue weighted by atomic mass is 10.1. The van der Waals surface area contributed by atoms with Crippen molar-refractivity contribution in [1.82, 2.24) is 0 Å². The van der Waals surface area contributed by atoms with Crippen LogP contribution in [0.25, 0.3) is 6.08 Å². The summed E-state index contributed by atoms with van der Waals surface area (Å²) in [7, 11) is 0. The molecule has 3 nitrogen and oxygen atoms in total. The number of benzene rings is 3. The molecule has 4 heteroatoms. The molecule has 3 aromatic carbocycles. The van der Waals surface area contributed by atoms with E-state index in [9.17, 15) is 9.59 Å². The normalized spacial score (nSPS) is 10.7. The van der Waals surface area contributed by atoms with Crippen LogP contribution in [0.3, 0.4) is 0 Å². The maximum atomic E-state index is 12.3. The third-order valence-electron chi connectivity index (χ3n) is 3.95. The molecule has 0 aliphatic heterocycles. The van der Waals surface area contributed by atoms with Crippen molar-refractivity contribution in [3.63, 3.8) is 0 Å². The summed E-state index contributed by atoms with van der Waals surface area (Å²) in [6.07, 6.45) is 3.31. The number of carbonyl (C=O) groups excluding carboxylic acids is 2. The van der Waals surface area contributed by atoms with Crippen molar-refractivity contribution in [3.8, 4) is 5.75 Å². The zero-order valence-electron chi connectivity index (χ0n) is 14.7. The first-order valence-corrected chi connectivity index (χ1v) is 9.18. The van der Waals surface area contributed by atoms with Gasteiger partial charge in [-0.25, -0.2) is 4.79 Å². The maximum absolute atomic E-state index is 12.3. The molecule has 0 bridgehead atoms. The van der Waals surface area contributed by atoms with Crippen LogP contribution in [0.2, 0.25) is 0 Å². The van der Waals surface area contributed by atoms with Crippen molar-refractivity contribution in [2.24, 2.45) is 0 Å². The Kier molecular flexibility index (Phi) is 5.99. The summed E-state index contributed by atoms with van der Waals surface area (Å²) in [5, 5.41) is 0. The molecule has 0 saturated heterocycles. The molecule has 0 saturated carbocycles. The Balaban J connectivity index is 1.66. The molecule has 0 atom stereocenters. The number of allylic oxidation sites excluding steroid dienone is 1. The second-order valence-corrected chi connectivity index (χ2v) is 6.86. The summed E-state index contributed by atoms with van der Waals surface area (Å²) in [5.41, 5.74) is 3.11. The summed E-state index contributed by atoms with van der Waals surface area (Å²) < 4.78 is 6.03. The van der Waals surface area contributed by atoms with Crippen LogP contribution in [0.1, 0.15) is 31.8 Å². The first-order chi connectivity index (χ1) is 13.0. The molecule has 0 unspecified atom stereocenters. The van der Waals surface area contributed by atoms with Crippen LogP contribution in [0.5, 0.6) is 5.75 Å². The topological polar surface area (TPSA) is 43.4 Å². The highest BCUT2D eigenvalue weighted by Gasteiger charge is 2.12. The molecule has 0 fully saturated rings. The van der Waals surface area contributed by atoms with E-state index in [0.717, 1.165) is 5.56 Å². The zero-order valence-corrected chi connectivity index (χ0v) is 16.3. The largest absolute Gasteiger partial charge is 0.423 e. The number of ketones is 1. The van der Waals surface area contributed by atoms with Crippen molar-refractivity contribution < 1.29 is 14.3 Å². The molecule has 0 N–H and O–H groups in total. The summed E-state index contributed by atoms with van der Waals surface area (Å²) in [6, 6.07) is 21.5. The van der Waals surface area contributed by atoms with Gasteiger partial charge in [-0.3, -0.25) is 4.79 Å². The summed E-state index contributed by atoms with van der Waals surface area (Å²) in [6.45, 7) is 2.02. The lowest BCUT2D eigenvalue weighted by Gasteiger charge is -2.06. The minimum Gasteiger partial charge on any atom is -0.423 e. The van der Waals surface area contributed by atoms with Gasteiger partial charge in [-0.05, 0) is 70.9 Å². The van der Waals surface area contributed by atoms with Crippen molar-refractivity contribution in [3.05, 3.63) is 106 Å². The van der Waals surface area contributed by atoms with Crippen molar-refractivity contribution >= 4 is 33.8 Å². The molecule has 134 valence electrons. The molecule has 0 aromatic heterocycles. The monoisotopic (exact) mass is 420 g/mol. The fourth-order valence-electron chi connectivity index (χ4n) is 2.42. The highest BCUT2D eigenvalue weighted by atomic mass is 79.9. The Morgan fingerprint density at radius 1 is 0.889 bits per heavy atom. The fourth-order valence-corrected chi connectivity index (χ4v) is 2.87. The van der Waals surface area contributed by atoms with Gasteiger partial charge in [0.25, 0.3) is 0 Å². The highest BCUT2D eigenvalue weighted by molar-refractivity contribution is 9.10. The highest BCUT2D eigenvalue weighted by Crippen LogP contribution is 2.20. The second kappa shape index (κ2) is 8.60. The quantitative estimate of drug-likeness (QED) is 0.224. The minimum absolute atomic E-state index is 0.112. The SMILES string of the molecule is Cc1ccc(C=CC(=O)c2ccc(OC(=O)c3ccccc3Br)cc2)cc1. The number of aryl methyl sites for hydroxylation is 1. The molecule has 0 radical (unpaired) electrons. The van der Waals surface area contributed by atoms with E-state index in [4.69, 9.17) is 4.74 Å². The number of ether oxygens (including phenoxy) is 1. The average Bonchev–Trinajstić information content (AvgIpc) is 2.68. The predicted octanol–water partition coefficient (Wildman–Crippen LogP) is 5.87. The van der Waals surface area contributed by atoms with Gasteiger partial charge in [0, 0.05) is 10.0 Å². The lowest BCUT2D eigenvalue weighted by Crippen LogP contribution is -2.09. The minimum atomic E-state index is -0.458. The maximum Gasteiger partial charge on any atom is 0.344 e. The summed E-state index contributed by atoms with van der Waals surface area (Å²) >= 11 is 3.33. The van der Waals surface area contributed by atoms with Crippen LogP contribution in [0.4, 0.5) is 0 Å². The number of hydrogen-bond donors (Lipinski definition) is 0. The Labute approximate surface area is 166 Å². The van der Waals surface area contributed by atoms with E-state index in [1.54, 1.807) is 48.5 Å². The van der Waals surface area contributed by atoms with Crippen LogP contribution in [-0.4, -0.2) is 11.8 Å². The summed E-state index contributed by atoms with van der Waals surface area (Å²) in [4.78, 5) is 24.5. The van der Waals surface area contributed by atoms with Gasteiger partial charge in [-0.1, -0.05) is 48.0 Å². The van der Waals surface area contributed by atoms with Crippen molar-refractivity contribution in [2.45, 2.75) is 6.92 Å². The Hall–Kier alpha value is -2.98. The van der Waals surface area contributed by atoms with Crippen LogP contribution in [-0.2, 0) is 0 Å². The van der Waals surface area contributed by atoms with Gasteiger partial charge in [0.1, 0.15) is 5.75 Å². The number of hydrogen-bond acceptors (Lipinski definition) is 3. The molecular formula is C23H17BrO3. The van der Waals surface area contributed by atoms with Gasteiger partial charge in [0.2, 0.25) is 0 Å². The van der Waals surface area contributed by atoms with E-state index in [1.807, 2.05) is 37.3 Å². The van der Waals surface area contributed by atoms with Crippen molar-refractivity contribution in [1.29, 1.82) is 0 Å². The number of halogens is 1. The molecular weight excluding hydrogens is 404 g/mol. The van der Waals surface area contributed by atoms with Crippen LogP contribution in [0.15, 0.2) is 83.3 Å². The Bertz CT molecular complexity index is 987. The third-order valence-corrected chi connectivity index (χ3v) is 4.64. The van der Waals surface area contributed by atoms with Crippen LogP contribution >= 0.6 is 15.9 Å². The van der Waals surface area contributed by atoms with Gasteiger partial charge in [-0.15, -0.1) is 0 Å². The average molecular weight is 421 g/mol. The van der Waals surface area contributed by atoms with E-state index in [0.29, 0.717) is 21.3 Å². The smallest absolute Gasteiger partial charge is 0.344 e. The first kappa shape index (κ1) is 18.8. The summed E-state index contributed by atoms with van der Waals surface area (Å²) in [5.74, 6) is -0.185. The predicted molar refractivity (Wildman–Crippen MR) is 110 cm³/mol. The van der Waals surface area contributed by atoms with Crippen molar-refractivity contribution in [2.75, 3.05) is 0 Å². The molecule has 27 heavy (non-hydrogen) atoms. The van der Waals surface area contributed by atoms with E-state index in [-0.39, 0.29) is 5.78 Å². The molecule has 0 aliphatic carbocycles. The second-order valence-electron chi connectivity index (χ2n) is 6.00. The standard InChI is InChI=1S/C23H17BrO3/c1-16-6-8-17(9-7-16)10-15-22(25)18-11-13-19(14-12-18)27-23(26)20-4-2-3-5-21(20)24/h2-15H,1H3. The number of rotatable bonds is 5. The zero-order chi connectivity index (χ0) is 19.2. The van der Waals surface area contributed by atoms with Gasteiger partial charge < -0.3 is 4.74 Å². The van der Waals surface area contributed by atoms with Crippen LogP contribution in [0, 0.1) is 6.92 Å². The molecule has 0 spiro atoms.